The maximum Gasteiger partial charge on any atom is 0.261 e. The van der Waals surface area contributed by atoms with Crippen molar-refractivity contribution in [1.29, 1.82) is 0 Å². The van der Waals surface area contributed by atoms with Crippen LogP contribution in [0.1, 0.15) is 20.8 Å². The number of aromatic nitrogens is 2. The van der Waals surface area contributed by atoms with Gasteiger partial charge >= 0.3 is 0 Å². The molecule has 0 bridgehead atoms. The highest BCUT2D eigenvalue weighted by atomic mass is 79.9. The normalized spacial score (nSPS) is 11.8. The Morgan fingerprint density at radius 3 is 2.55 bits per heavy atom. The molecule has 0 unspecified atom stereocenters. The molecule has 0 saturated heterocycles. The topological polar surface area (TPSA) is 52.0 Å². The number of carbonyl (C=O) groups excluding carboxylic acids is 1. The van der Waals surface area contributed by atoms with Gasteiger partial charge in [0.05, 0.1) is 23.8 Å². The highest BCUT2D eigenvalue weighted by Crippen LogP contribution is 2.25. The molecule has 1 heterocycles. The van der Waals surface area contributed by atoms with E-state index in [-0.39, 0.29) is 17.9 Å². The van der Waals surface area contributed by atoms with Crippen LogP contribution in [0.25, 0.3) is 10.9 Å². The van der Waals surface area contributed by atoms with Gasteiger partial charge in [0.2, 0.25) is 0 Å². The molecule has 1 aromatic heterocycles. The zero-order valence-electron chi connectivity index (χ0n) is 11.4. The zero-order valence-corrected chi connectivity index (χ0v) is 14.6. The van der Waals surface area contributed by atoms with Gasteiger partial charge in [0.25, 0.3) is 5.56 Å². The highest BCUT2D eigenvalue weighted by Gasteiger charge is 2.22. The summed E-state index contributed by atoms with van der Waals surface area (Å²) in [6, 6.07) is 3.55. The second-order valence-electron chi connectivity index (χ2n) is 5.63. The molecule has 0 saturated carbocycles. The molecule has 0 N–H and O–H groups in total. The molecule has 0 fully saturated rings. The number of hydrogen-bond acceptors (Lipinski definition) is 3. The minimum absolute atomic E-state index is 0.00480. The van der Waals surface area contributed by atoms with Gasteiger partial charge in [-0.2, -0.15) is 0 Å². The summed E-state index contributed by atoms with van der Waals surface area (Å²) in [6.45, 7) is 5.54. The number of carbonyl (C=O) groups is 1. The zero-order chi connectivity index (χ0) is 15.1. The summed E-state index contributed by atoms with van der Waals surface area (Å²) in [5, 5.41) is 0.482. The summed E-state index contributed by atoms with van der Waals surface area (Å²) in [7, 11) is 0. The van der Waals surface area contributed by atoms with Crippen LogP contribution in [-0.2, 0) is 11.3 Å². The number of ketones is 1. The van der Waals surface area contributed by atoms with Gasteiger partial charge in [-0.25, -0.2) is 4.98 Å². The fourth-order valence-electron chi connectivity index (χ4n) is 1.70. The van der Waals surface area contributed by atoms with E-state index in [0.29, 0.717) is 10.9 Å². The van der Waals surface area contributed by atoms with Crippen LogP contribution in [0.5, 0.6) is 0 Å². The van der Waals surface area contributed by atoms with E-state index in [1.807, 2.05) is 26.8 Å². The van der Waals surface area contributed by atoms with Crippen LogP contribution >= 0.6 is 31.9 Å². The smallest absolute Gasteiger partial charge is 0.261 e. The van der Waals surface area contributed by atoms with Crippen molar-refractivity contribution >= 4 is 48.5 Å². The lowest BCUT2D eigenvalue weighted by Crippen LogP contribution is -2.30. The molecule has 0 spiro atoms. The average molecular weight is 402 g/mol. The Labute approximate surface area is 133 Å². The van der Waals surface area contributed by atoms with Crippen molar-refractivity contribution in [3.8, 4) is 0 Å². The van der Waals surface area contributed by atoms with Crippen LogP contribution in [0.2, 0.25) is 0 Å². The van der Waals surface area contributed by atoms with E-state index in [4.69, 9.17) is 0 Å². The van der Waals surface area contributed by atoms with Gasteiger partial charge in [-0.3, -0.25) is 14.2 Å². The van der Waals surface area contributed by atoms with E-state index < -0.39 is 5.41 Å². The molecular weight excluding hydrogens is 388 g/mol. The van der Waals surface area contributed by atoms with E-state index in [1.54, 1.807) is 6.07 Å². The van der Waals surface area contributed by atoms with E-state index in [1.165, 1.54) is 10.9 Å². The molecule has 2 aromatic rings. The Morgan fingerprint density at radius 2 is 1.95 bits per heavy atom. The lowest BCUT2D eigenvalue weighted by Gasteiger charge is -2.17. The predicted molar refractivity (Wildman–Crippen MR) is 85.9 cm³/mol. The summed E-state index contributed by atoms with van der Waals surface area (Å²) in [6.07, 6.45) is 1.42. The summed E-state index contributed by atoms with van der Waals surface area (Å²) in [5.74, 6) is -0.00480. The minimum atomic E-state index is -0.480. The third-order valence-corrected chi connectivity index (χ3v) is 4.06. The molecule has 0 aliphatic heterocycles. The Bertz CT molecular complexity index is 745. The van der Waals surface area contributed by atoms with Crippen molar-refractivity contribution in [3.63, 3.8) is 0 Å². The van der Waals surface area contributed by atoms with Gasteiger partial charge in [0.15, 0.2) is 5.78 Å². The number of benzene rings is 1. The maximum absolute atomic E-state index is 12.4. The molecule has 106 valence electrons. The van der Waals surface area contributed by atoms with Crippen LogP contribution < -0.4 is 5.56 Å². The van der Waals surface area contributed by atoms with Crippen molar-refractivity contribution in [2.75, 3.05) is 0 Å². The quantitative estimate of drug-likeness (QED) is 0.773. The Hall–Kier alpha value is -1.01. The van der Waals surface area contributed by atoms with Gasteiger partial charge < -0.3 is 0 Å². The van der Waals surface area contributed by atoms with Crippen LogP contribution in [0.4, 0.5) is 0 Å². The van der Waals surface area contributed by atoms with E-state index in [0.717, 1.165) is 8.95 Å². The number of hydrogen-bond donors (Lipinski definition) is 0. The van der Waals surface area contributed by atoms with Gasteiger partial charge in [-0.15, -0.1) is 0 Å². The maximum atomic E-state index is 12.4. The number of nitrogens with zero attached hydrogens (tertiary/aromatic N) is 2. The fourth-order valence-corrected chi connectivity index (χ4v) is 3.03. The van der Waals surface area contributed by atoms with Gasteiger partial charge in [0, 0.05) is 14.4 Å². The number of Topliss-reactive ketones (excluding diaryl/α,β-unsaturated/α-hetero) is 1. The molecule has 20 heavy (non-hydrogen) atoms. The molecule has 4 nitrogen and oxygen atoms in total. The molecule has 0 aliphatic carbocycles. The lowest BCUT2D eigenvalue weighted by atomic mass is 9.91. The molecule has 0 aliphatic rings. The van der Waals surface area contributed by atoms with E-state index >= 15 is 0 Å². The molecule has 0 radical (unpaired) electrons. The third kappa shape index (κ3) is 3.01. The Kier molecular flexibility index (Phi) is 4.16. The average Bonchev–Trinajstić information content (AvgIpc) is 2.32. The number of fused-ring (bicyclic) bond motifs is 1. The molecule has 0 atom stereocenters. The van der Waals surface area contributed by atoms with Crippen LogP contribution in [0, 0.1) is 5.41 Å². The van der Waals surface area contributed by atoms with Crippen LogP contribution in [-0.4, -0.2) is 15.3 Å². The van der Waals surface area contributed by atoms with Gasteiger partial charge in [0.1, 0.15) is 0 Å². The molecular formula is C14H14Br2N2O2. The third-order valence-electron chi connectivity index (χ3n) is 3.00. The molecule has 6 heteroatoms. The van der Waals surface area contributed by atoms with Crippen molar-refractivity contribution < 1.29 is 4.79 Å². The second kappa shape index (κ2) is 5.41. The summed E-state index contributed by atoms with van der Waals surface area (Å²) in [4.78, 5) is 28.7. The lowest BCUT2D eigenvalue weighted by molar-refractivity contribution is -0.126. The van der Waals surface area contributed by atoms with Crippen molar-refractivity contribution in [1.82, 2.24) is 9.55 Å². The first-order valence-corrected chi connectivity index (χ1v) is 7.66. The number of rotatable bonds is 2. The van der Waals surface area contributed by atoms with E-state index in [9.17, 15) is 9.59 Å². The summed E-state index contributed by atoms with van der Waals surface area (Å²) < 4.78 is 2.89. The molecule has 2 rings (SSSR count). The first-order valence-electron chi connectivity index (χ1n) is 6.07. The SMILES string of the molecule is CC(C)(C)C(=O)Cn1cnc2c(Br)cc(Br)cc2c1=O. The Morgan fingerprint density at radius 1 is 1.30 bits per heavy atom. The van der Waals surface area contributed by atoms with E-state index in [2.05, 4.69) is 36.8 Å². The fraction of sp³-hybridized carbons (Fsp3) is 0.357. The minimum Gasteiger partial charge on any atom is -0.297 e. The first-order chi connectivity index (χ1) is 9.20. The summed E-state index contributed by atoms with van der Waals surface area (Å²) >= 11 is 6.73. The van der Waals surface area contributed by atoms with Crippen molar-refractivity contribution in [2.45, 2.75) is 27.3 Å². The molecule has 0 amide bonds. The van der Waals surface area contributed by atoms with Crippen molar-refractivity contribution in [2.24, 2.45) is 5.41 Å². The number of halogens is 2. The van der Waals surface area contributed by atoms with Crippen molar-refractivity contribution in [3.05, 3.63) is 37.8 Å². The van der Waals surface area contributed by atoms with Crippen LogP contribution in [0.15, 0.2) is 32.2 Å². The summed E-state index contributed by atoms with van der Waals surface area (Å²) in [5.41, 5.74) is -0.0982. The highest BCUT2D eigenvalue weighted by molar-refractivity contribution is 9.11. The monoisotopic (exact) mass is 400 g/mol. The second-order valence-corrected chi connectivity index (χ2v) is 7.40. The van der Waals surface area contributed by atoms with Gasteiger partial charge in [-0.1, -0.05) is 36.7 Å². The Balaban J connectivity index is 2.56. The largest absolute Gasteiger partial charge is 0.297 e. The predicted octanol–water partition coefficient (Wildman–Crippen LogP) is 3.54. The first kappa shape index (κ1) is 15.4. The molecule has 1 aromatic carbocycles. The van der Waals surface area contributed by atoms with Crippen LogP contribution in [0.3, 0.4) is 0 Å². The standard InChI is InChI=1S/C14H14Br2N2O2/c1-14(2,3)11(19)6-18-7-17-12-9(13(18)20)4-8(15)5-10(12)16/h4-5,7H,6H2,1-3H3. The van der Waals surface area contributed by atoms with Gasteiger partial charge in [-0.05, 0) is 28.1 Å².